The Hall–Kier alpha value is -1.72. The van der Waals surface area contributed by atoms with E-state index in [0.29, 0.717) is 12.2 Å². The molecule has 0 aliphatic carbocycles. The van der Waals surface area contributed by atoms with Gasteiger partial charge in [-0.1, -0.05) is 30.3 Å². The van der Waals surface area contributed by atoms with Gasteiger partial charge in [0.1, 0.15) is 5.69 Å². The number of hydrogen-bond acceptors (Lipinski definition) is 4. The lowest BCUT2D eigenvalue weighted by molar-refractivity contribution is 0.0681. The van der Waals surface area contributed by atoms with Gasteiger partial charge in [0.05, 0.1) is 5.01 Å². The smallest absolute Gasteiger partial charge is 0.273 e. The first-order valence-electron chi connectivity index (χ1n) is 8.74. The highest BCUT2D eigenvalue weighted by atomic mass is 32.1. The fourth-order valence-electron chi connectivity index (χ4n) is 3.25. The highest BCUT2D eigenvalue weighted by Crippen LogP contribution is 2.24. The number of nitrogens with zero attached hydrogens (tertiary/aromatic N) is 2. The third-order valence-electron chi connectivity index (χ3n) is 4.71. The van der Waals surface area contributed by atoms with Crippen molar-refractivity contribution in [3.63, 3.8) is 0 Å². The molecule has 0 unspecified atom stereocenters. The lowest BCUT2D eigenvalue weighted by Crippen LogP contribution is -2.38. The summed E-state index contributed by atoms with van der Waals surface area (Å²) in [4.78, 5) is 18.9. The Morgan fingerprint density at radius 1 is 1.21 bits per heavy atom. The standard InChI is InChI=1S/C19H25N3OS/c20-11-8-18-21-17(14-24-18)19(23)22-12-9-16(10-13-22)7-6-15-4-2-1-3-5-15/h1-5,14,16H,6-13,20H2. The first kappa shape index (κ1) is 17.1. The summed E-state index contributed by atoms with van der Waals surface area (Å²) in [7, 11) is 0. The highest BCUT2D eigenvalue weighted by molar-refractivity contribution is 7.09. The van der Waals surface area contributed by atoms with Crippen molar-refractivity contribution >= 4 is 17.2 Å². The van der Waals surface area contributed by atoms with Crippen LogP contribution in [0.15, 0.2) is 35.7 Å². The fraction of sp³-hybridized carbons (Fsp3) is 0.474. The second-order valence-electron chi connectivity index (χ2n) is 6.43. The number of nitrogens with two attached hydrogens (primary N) is 1. The molecule has 5 heteroatoms. The van der Waals surface area contributed by atoms with E-state index in [1.165, 1.54) is 23.3 Å². The number of likely N-dealkylation sites (tertiary alicyclic amines) is 1. The minimum Gasteiger partial charge on any atom is -0.337 e. The summed E-state index contributed by atoms with van der Waals surface area (Å²) in [6.45, 7) is 2.28. The van der Waals surface area contributed by atoms with E-state index >= 15 is 0 Å². The van der Waals surface area contributed by atoms with Crippen molar-refractivity contribution in [2.75, 3.05) is 19.6 Å². The normalized spacial score (nSPS) is 15.6. The molecular formula is C19H25N3OS. The molecule has 0 saturated carbocycles. The van der Waals surface area contributed by atoms with Crippen molar-refractivity contribution in [1.29, 1.82) is 0 Å². The van der Waals surface area contributed by atoms with E-state index in [1.807, 2.05) is 10.3 Å². The van der Waals surface area contributed by atoms with Gasteiger partial charge in [-0.05, 0) is 43.7 Å². The molecule has 1 fully saturated rings. The molecule has 2 heterocycles. The van der Waals surface area contributed by atoms with Gasteiger partial charge in [-0.3, -0.25) is 4.79 Å². The first-order valence-corrected chi connectivity index (χ1v) is 9.62. The van der Waals surface area contributed by atoms with E-state index in [0.717, 1.165) is 49.7 Å². The number of carbonyl (C=O) groups is 1. The predicted octanol–water partition coefficient (Wildman–Crippen LogP) is 3.13. The molecule has 1 aromatic carbocycles. The summed E-state index contributed by atoms with van der Waals surface area (Å²) in [5, 5.41) is 2.83. The van der Waals surface area contributed by atoms with E-state index in [1.54, 1.807) is 0 Å². The van der Waals surface area contributed by atoms with Crippen molar-refractivity contribution in [2.45, 2.75) is 32.1 Å². The zero-order valence-corrected chi connectivity index (χ0v) is 14.8. The van der Waals surface area contributed by atoms with Crippen molar-refractivity contribution < 1.29 is 4.79 Å². The molecule has 4 nitrogen and oxygen atoms in total. The van der Waals surface area contributed by atoms with Crippen molar-refractivity contribution in [1.82, 2.24) is 9.88 Å². The van der Waals surface area contributed by atoms with Crippen LogP contribution >= 0.6 is 11.3 Å². The molecule has 2 N–H and O–H groups in total. The van der Waals surface area contributed by atoms with Gasteiger partial charge >= 0.3 is 0 Å². The fourth-order valence-corrected chi connectivity index (χ4v) is 4.04. The molecule has 0 radical (unpaired) electrons. The predicted molar refractivity (Wildman–Crippen MR) is 98.3 cm³/mol. The van der Waals surface area contributed by atoms with Crippen LogP contribution in [-0.4, -0.2) is 35.4 Å². The van der Waals surface area contributed by atoms with Gasteiger partial charge in [0, 0.05) is 24.9 Å². The maximum Gasteiger partial charge on any atom is 0.273 e. The number of piperidine rings is 1. The van der Waals surface area contributed by atoms with Gasteiger partial charge in [0.15, 0.2) is 0 Å². The molecule has 0 atom stereocenters. The Balaban J connectivity index is 1.46. The van der Waals surface area contributed by atoms with Gasteiger partial charge in [-0.2, -0.15) is 0 Å². The lowest BCUT2D eigenvalue weighted by Gasteiger charge is -2.31. The average molecular weight is 343 g/mol. The summed E-state index contributed by atoms with van der Waals surface area (Å²) in [6.07, 6.45) is 5.29. The van der Waals surface area contributed by atoms with Crippen LogP contribution in [-0.2, 0) is 12.8 Å². The number of aromatic nitrogens is 1. The van der Waals surface area contributed by atoms with Crippen LogP contribution in [0, 0.1) is 5.92 Å². The number of carbonyl (C=O) groups excluding carboxylic acids is 1. The number of rotatable bonds is 6. The zero-order valence-electron chi connectivity index (χ0n) is 14.0. The van der Waals surface area contributed by atoms with Crippen LogP contribution in [0.5, 0.6) is 0 Å². The molecule has 24 heavy (non-hydrogen) atoms. The minimum atomic E-state index is 0.0797. The Kier molecular flexibility index (Phi) is 5.99. The molecule has 3 rings (SSSR count). The molecule has 1 amide bonds. The quantitative estimate of drug-likeness (QED) is 0.876. The van der Waals surface area contributed by atoms with Crippen LogP contribution in [0.25, 0.3) is 0 Å². The zero-order chi connectivity index (χ0) is 16.8. The van der Waals surface area contributed by atoms with Crippen LogP contribution in [0.4, 0.5) is 0 Å². The Morgan fingerprint density at radius 2 is 1.96 bits per heavy atom. The minimum absolute atomic E-state index is 0.0797. The molecule has 1 aromatic heterocycles. The summed E-state index contributed by atoms with van der Waals surface area (Å²) in [6, 6.07) is 10.7. The van der Waals surface area contributed by atoms with Gasteiger partial charge < -0.3 is 10.6 Å². The van der Waals surface area contributed by atoms with E-state index in [9.17, 15) is 4.79 Å². The molecule has 0 spiro atoms. The maximum atomic E-state index is 12.5. The van der Waals surface area contributed by atoms with Gasteiger partial charge in [0.2, 0.25) is 0 Å². The van der Waals surface area contributed by atoms with Crippen LogP contribution in [0.1, 0.15) is 40.3 Å². The second kappa shape index (κ2) is 8.40. The van der Waals surface area contributed by atoms with Gasteiger partial charge in [0.25, 0.3) is 5.91 Å². The van der Waals surface area contributed by atoms with Crippen molar-refractivity contribution in [2.24, 2.45) is 11.7 Å². The first-order chi connectivity index (χ1) is 11.8. The van der Waals surface area contributed by atoms with Crippen LogP contribution in [0.3, 0.4) is 0 Å². The average Bonchev–Trinajstić information content (AvgIpc) is 3.10. The summed E-state index contributed by atoms with van der Waals surface area (Å²) < 4.78 is 0. The largest absolute Gasteiger partial charge is 0.337 e. The summed E-state index contributed by atoms with van der Waals surface area (Å²) in [5.41, 5.74) is 7.54. The van der Waals surface area contributed by atoms with E-state index in [4.69, 9.17) is 5.73 Å². The topological polar surface area (TPSA) is 59.2 Å². The lowest BCUT2D eigenvalue weighted by atomic mass is 9.90. The number of amides is 1. The molecule has 2 aromatic rings. The van der Waals surface area contributed by atoms with Gasteiger partial charge in [-0.15, -0.1) is 11.3 Å². The molecule has 1 saturated heterocycles. The van der Waals surface area contributed by atoms with E-state index in [-0.39, 0.29) is 5.91 Å². The van der Waals surface area contributed by atoms with E-state index in [2.05, 4.69) is 35.3 Å². The number of thiazole rings is 1. The van der Waals surface area contributed by atoms with Crippen LogP contribution in [0.2, 0.25) is 0 Å². The molecular weight excluding hydrogens is 318 g/mol. The maximum absolute atomic E-state index is 12.5. The van der Waals surface area contributed by atoms with E-state index < -0.39 is 0 Å². The number of benzene rings is 1. The van der Waals surface area contributed by atoms with Crippen molar-refractivity contribution in [3.05, 3.63) is 52.0 Å². The SMILES string of the molecule is NCCc1nc(C(=O)N2CCC(CCc3ccccc3)CC2)cs1. The molecule has 128 valence electrons. The third kappa shape index (κ3) is 4.42. The number of hydrogen-bond donors (Lipinski definition) is 1. The molecule has 1 aliphatic rings. The van der Waals surface area contributed by atoms with Crippen LogP contribution < -0.4 is 5.73 Å². The Morgan fingerprint density at radius 3 is 2.67 bits per heavy atom. The summed E-state index contributed by atoms with van der Waals surface area (Å²) in [5.74, 6) is 0.800. The third-order valence-corrected chi connectivity index (χ3v) is 5.62. The molecule has 1 aliphatic heterocycles. The number of aryl methyl sites for hydroxylation is 1. The Labute approximate surface area is 147 Å². The Bertz CT molecular complexity index is 648. The summed E-state index contributed by atoms with van der Waals surface area (Å²) >= 11 is 1.53. The monoisotopic (exact) mass is 343 g/mol. The highest BCUT2D eigenvalue weighted by Gasteiger charge is 2.24. The second-order valence-corrected chi connectivity index (χ2v) is 7.37. The molecule has 0 bridgehead atoms. The van der Waals surface area contributed by atoms with Crippen molar-refractivity contribution in [3.8, 4) is 0 Å². The van der Waals surface area contributed by atoms with Gasteiger partial charge in [-0.25, -0.2) is 4.98 Å².